The van der Waals surface area contributed by atoms with Gasteiger partial charge in [0, 0.05) is 17.8 Å². The Hall–Kier alpha value is -0.920. The van der Waals surface area contributed by atoms with Crippen molar-refractivity contribution in [3.63, 3.8) is 0 Å². The first-order valence-corrected chi connectivity index (χ1v) is 4.66. The molecule has 0 saturated heterocycles. The summed E-state index contributed by atoms with van der Waals surface area (Å²) in [5.41, 5.74) is 1.08. The van der Waals surface area contributed by atoms with Crippen LogP contribution in [0.25, 0.3) is 0 Å². The summed E-state index contributed by atoms with van der Waals surface area (Å²) in [6, 6.07) is 1.94. The van der Waals surface area contributed by atoms with Crippen molar-refractivity contribution in [3.05, 3.63) is 23.8 Å². The minimum atomic E-state index is 0.680. The van der Waals surface area contributed by atoms with Gasteiger partial charge < -0.3 is 0 Å². The van der Waals surface area contributed by atoms with Gasteiger partial charge in [-0.25, -0.2) is 9.97 Å². The van der Waals surface area contributed by atoms with E-state index in [0.717, 1.165) is 11.5 Å². The molecule has 66 valence electrons. The lowest BCUT2D eigenvalue weighted by Crippen LogP contribution is -1.92. The fraction of sp³-hybridized carbons (Fsp3) is 0.600. The smallest absolute Gasteiger partial charge is 0.131 e. The number of aromatic nitrogens is 2. The first-order valence-electron chi connectivity index (χ1n) is 4.66. The molecule has 1 saturated carbocycles. The zero-order valence-electron chi connectivity index (χ0n) is 8.04. The molecule has 0 atom stereocenters. The van der Waals surface area contributed by atoms with E-state index in [1.807, 2.05) is 33.0 Å². The first kappa shape index (κ1) is 9.17. The molecule has 0 radical (unpaired) electrons. The van der Waals surface area contributed by atoms with Crippen molar-refractivity contribution in [1.29, 1.82) is 0 Å². The maximum absolute atomic E-state index is 4.32. The molecule has 1 aliphatic rings. The van der Waals surface area contributed by atoms with Crippen LogP contribution in [0.15, 0.2) is 12.3 Å². The van der Waals surface area contributed by atoms with E-state index in [4.69, 9.17) is 0 Å². The average Bonchev–Trinajstić information content (AvgIpc) is 2.90. The van der Waals surface area contributed by atoms with E-state index in [1.54, 1.807) is 0 Å². The average molecular weight is 164 g/mol. The predicted octanol–water partition coefficient (Wildman–Crippen LogP) is 2.69. The Balaban J connectivity index is 0.000000336. The fourth-order valence-corrected chi connectivity index (χ4v) is 1.01. The van der Waals surface area contributed by atoms with Crippen LogP contribution in [0, 0.1) is 6.92 Å². The summed E-state index contributed by atoms with van der Waals surface area (Å²) in [4.78, 5) is 8.51. The summed E-state index contributed by atoms with van der Waals surface area (Å²) in [5, 5.41) is 0. The van der Waals surface area contributed by atoms with Gasteiger partial charge in [0.1, 0.15) is 5.82 Å². The highest BCUT2D eigenvalue weighted by Crippen LogP contribution is 2.37. The maximum Gasteiger partial charge on any atom is 0.131 e. The molecule has 0 aliphatic heterocycles. The molecule has 2 rings (SSSR count). The van der Waals surface area contributed by atoms with Crippen molar-refractivity contribution in [2.24, 2.45) is 0 Å². The second kappa shape index (κ2) is 4.19. The Bertz CT molecular complexity index is 241. The lowest BCUT2D eigenvalue weighted by atomic mass is 10.3. The molecule has 0 spiro atoms. The van der Waals surface area contributed by atoms with Gasteiger partial charge in [0.25, 0.3) is 0 Å². The van der Waals surface area contributed by atoms with Gasteiger partial charge in [-0.1, -0.05) is 13.8 Å². The molecule has 1 fully saturated rings. The topological polar surface area (TPSA) is 25.8 Å². The standard InChI is InChI=1S/C8H10N2.C2H6/c1-6-4-5-9-8(10-6)7-2-3-7;1-2/h4-5,7H,2-3H2,1H3;1-2H3. The largest absolute Gasteiger partial charge is 0.241 e. The predicted molar refractivity (Wildman–Crippen MR) is 50.1 cm³/mol. The first-order chi connectivity index (χ1) is 5.86. The number of nitrogens with zero attached hydrogens (tertiary/aromatic N) is 2. The van der Waals surface area contributed by atoms with Crippen molar-refractivity contribution in [2.75, 3.05) is 0 Å². The van der Waals surface area contributed by atoms with Crippen LogP contribution < -0.4 is 0 Å². The minimum absolute atomic E-state index is 0.680. The van der Waals surface area contributed by atoms with E-state index >= 15 is 0 Å². The summed E-state index contributed by atoms with van der Waals surface area (Å²) in [5.74, 6) is 1.72. The highest BCUT2D eigenvalue weighted by molar-refractivity contribution is 5.08. The van der Waals surface area contributed by atoms with Gasteiger partial charge in [-0.2, -0.15) is 0 Å². The van der Waals surface area contributed by atoms with Gasteiger partial charge in [-0.05, 0) is 25.8 Å². The van der Waals surface area contributed by atoms with Gasteiger partial charge in [0.2, 0.25) is 0 Å². The molecule has 0 unspecified atom stereocenters. The molecule has 1 aromatic heterocycles. The number of hydrogen-bond donors (Lipinski definition) is 0. The molecule has 0 N–H and O–H groups in total. The van der Waals surface area contributed by atoms with Crippen LogP contribution in [0.2, 0.25) is 0 Å². The SMILES string of the molecule is CC.Cc1ccnc(C2CC2)n1. The number of hydrogen-bond acceptors (Lipinski definition) is 2. The van der Waals surface area contributed by atoms with Gasteiger partial charge in [-0.15, -0.1) is 0 Å². The zero-order chi connectivity index (χ0) is 8.97. The Kier molecular flexibility index (Phi) is 3.20. The Morgan fingerprint density at radius 2 is 2.00 bits per heavy atom. The molecule has 1 heterocycles. The van der Waals surface area contributed by atoms with E-state index in [1.165, 1.54) is 12.8 Å². The zero-order valence-corrected chi connectivity index (χ0v) is 8.04. The van der Waals surface area contributed by atoms with Crippen LogP contribution in [-0.4, -0.2) is 9.97 Å². The maximum atomic E-state index is 4.32. The van der Waals surface area contributed by atoms with Gasteiger partial charge in [0.05, 0.1) is 0 Å². The van der Waals surface area contributed by atoms with Gasteiger partial charge in [-0.3, -0.25) is 0 Å². The Morgan fingerprint density at radius 3 is 2.50 bits per heavy atom. The third-order valence-corrected chi connectivity index (χ3v) is 1.76. The molecular formula is C10H16N2. The quantitative estimate of drug-likeness (QED) is 0.637. The highest BCUT2D eigenvalue weighted by atomic mass is 14.9. The van der Waals surface area contributed by atoms with Gasteiger partial charge in [0.15, 0.2) is 0 Å². The molecule has 1 aromatic rings. The van der Waals surface area contributed by atoms with Crippen LogP contribution in [0.3, 0.4) is 0 Å². The van der Waals surface area contributed by atoms with Gasteiger partial charge >= 0.3 is 0 Å². The van der Waals surface area contributed by atoms with Crippen LogP contribution in [0.1, 0.15) is 44.1 Å². The summed E-state index contributed by atoms with van der Waals surface area (Å²) in [6.07, 6.45) is 4.41. The summed E-state index contributed by atoms with van der Waals surface area (Å²) in [7, 11) is 0. The second-order valence-electron chi connectivity index (χ2n) is 2.83. The molecule has 2 nitrogen and oxygen atoms in total. The molecule has 12 heavy (non-hydrogen) atoms. The van der Waals surface area contributed by atoms with Crippen LogP contribution in [0.5, 0.6) is 0 Å². The molecule has 0 aromatic carbocycles. The van der Waals surface area contributed by atoms with Crippen molar-refractivity contribution in [3.8, 4) is 0 Å². The van der Waals surface area contributed by atoms with E-state index in [-0.39, 0.29) is 0 Å². The van der Waals surface area contributed by atoms with Crippen LogP contribution in [-0.2, 0) is 0 Å². The Morgan fingerprint density at radius 1 is 1.33 bits per heavy atom. The second-order valence-corrected chi connectivity index (χ2v) is 2.83. The summed E-state index contributed by atoms with van der Waals surface area (Å²) < 4.78 is 0. The highest BCUT2D eigenvalue weighted by Gasteiger charge is 2.25. The molecule has 0 amide bonds. The monoisotopic (exact) mass is 164 g/mol. The molecular weight excluding hydrogens is 148 g/mol. The lowest BCUT2D eigenvalue weighted by Gasteiger charge is -1.95. The molecule has 1 aliphatic carbocycles. The van der Waals surface area contributed by atoms with Crippen molar-refractivity contribution in [1.82, 2.24) is 9.97 Å². The van der Waals surface area contributed by atoms with Crippen molar-refractivity contribution in [2.45, 2.75) is 39.5 Å². The summed E-state index contributed by atoms with van der Waals surface area (Å²) >= 11 is 0. The minimum Gasteiger partial charge on any atom is -0.241 e. The molecule has 0 bridgehead atoms. The summed E-state index contributed by atoms with van der Waals surface area (Å²) in [6.45, 7) is 6.01. The van der Waals surface area contributed by atoms with E-state index in [2.05, 4.69) is 9.97 Å². The lowest BCUT2D eigenvalue weighted by molar-refractivity contribution is 0.906. The van der Waals surface area contributed by atoms with E-state index in [0.29, 0.717) is 5.92 Å². The third kappa shape index (κ3) is 2.29. The van der Waals surface area contributed by atoms with E-state index < -0.39 is 0 Å². The fourth-order valence-electron chi connectivity index (χ4n) is 1.01. The normalized spacial score (nSPS) is 14.9. The van der Waals surface area contributed by atoms with Crippen LogP contribution >= 0.6 is 0 Å². The number of rotatable bonds is 1. The van der Waals surface area contributed by atoms with E-state index in [9.17, 15) is 0 Å². The van der Waals surface area contributed by atoms with Crippen molar-refractivity contribution >= 4 is 0 Å². The van der Waals surface area contributed by atoms with Crippen molar-refractivity contribution < 1.29 is 0 Å². The third-order valence-electron chi connectivity index (χ3n) is 1.76. The molecule has 2 heteroatoms. The number of aryl methyl sites for hydroxylation is 1. The van der Waals surface area contributed by atoms with Crippen LogP contribution in [0.4, 0.5) is 0 Å². The Labute approximate surface area is 74.1 Å².